The number of rotatable bonds is 7. The molecule has 3 aromatic rings. The van der Waals surface area contributed by atoms with Crippen LogP contribution >= 0.6 is 0 Å². The van der Waals surface area contributed by atoms with E-state index < -0.39 is 47.5 Å². The van der Waals surface area contributed by atoms with Gasteiger partial charge in [-0.05, 0) is 70.2 Å². The van der Waals surface area contributed by atoms with E-state index in [4.69, 9.17) is 9.47 Å². The molecule has 1 fully saturated rings. The summed E-state index contributed by atoms with van der Waals surface area (Å²) in [6, 6.07) is 5.73. The molecule has 1 aromatic heterocycles. The molecule has 0 spiro atoms. The van der Waals surface area contributed by atoms with Crippen molar-refractivity contribution in [2.24, 2.45) is 5.92 Å². The number of H-pyrrole nitrogens is 1. The predicted octanol–water partition coefficient (Wildman–Crippen LogP) is 7.21. The van der Waals surface area contributed by atoms with Crippen molar-refractivity contribution in [1.29, 1.82) is 0 Å². The van der Waals surface area contributed by atoms with Gasteiger partial charge in [-0.3, -0.25) is 4.79 Å². The molecule has 1 saturated carbocycles. The summed E-state index contributed by atoms with van der Waals surface area (Å²) in [7, 11) is 1.33. The molecule has 1 aliphatic carbocycles. The van der Waals surface area contributed by atoms with Crippen LogP contribution in [0.15, 0.2) is 30.3 Å². The summed E-state index contributed by atoms with van der Waals surface area (Å²) in [5.74, 6) is -1.88. The molecule has 2 aromatic carbocycles. The van der Waals surface area contributed by atoms with Crippen LogP contribution in [0.4, 0.5) is 42.8 Å². The van der Waals surface area contributed by atoms with Crippen LogP contribution in [0.2, 0.25) is 0 Å². The molecule has 240 valence electrons. The number of anilines is 2. The van der Waals surface area contributed by atoms with E-state index >= 15 is 0 Å². The van der Waals surface area contributed by atoms with Gasteiger partial charge in [0.2, 0.25) is 5.95 Å². The van der Waals surface area contributed by atoms with E-state index in [-0.39, 0.29) is 60.7 Å². The summed E-state index contributed by atoms with van der Waals surface area (Å²) < 4.78 is 91.0. The van der Waals surface area contributed by atoms with E-state index in [0.29, 0.717) is 11.1 Å². The third-order valence-electron chi connectivity index (χ3n) is 7.05. The number of aromatic amines is 1. The minimum Gasteiger partial charge on any atom is -0.496 e. The van der Waals surface area contributed by atoms with Crippen molar-refractivity contribution in [1.82, 2.24) is 20.6 Å². The maximum Gasteiger partial charge on any atom is 0.418 e. The van der Waals surface area contributed by atoms with Crippen LogP contribution in [0.3, 0.4) is 0 Å². The fourth-order valence-electron chi connectivity index (χ4n) is 4.94. The summed E-state index contributed by atoms with van der Waals surface area (Å²) in [6.07, 6.45) is -9.54. The van der Waals surface area contributed by atoms with E-state index in [1.807, 2.05) is 0 Å². The molecule has 0 saturated heterocycles. The first-order valence-electron chi connectivity index (χ1n) is 13.8. The Kier molecular flexibility index (Phi) is 9.26. The second-order valence-corrected chi connectivity index (χ2v) is 11.6. The number of benzene rings is 2. The molecule has 1 heterocycles. The minimum atomic E-state index is -4.71. The average Bonchev–Trinajstić information content (AvgIpc) is 3.30. The zero-order valence-corrected chi connectivity index (χ0v) is 24.4. The van der Waals surface area contributed by atoms with Crippen molar-refractivity contribution in [2.75, 3.05) is 12.4 Å². The van der Waals surface area contributed by atoms with Crippen molar-refractivity contribution in [2.45, 2.75) is 77.0 Å². The summed E-state index contributed by atoms with van der Waals surface area (Å²) in [6.45, 7) is 4.93. The lowest BCUT2D eigenvalue weighted by atomic mass is 9.85. The number of hydrogen-bond donors (Lipinski definition) is 4. The first kappa shape index (κ1) is 32.7. The number of alkyl carbamates (subject to hydrolysis) is 1. The van der Waals surface area contributed by atoms with Gasteiger partial charge < -0.3 is 30.4 Å². The number of carbonyl (C=O) groups is 2. The Morgan fingerprint density at radius 3 is 2.27 bits per heavy atom. The second-order valence-electron chi connectivity index (χ2n) is 11.6. The number of amides is 2. The normalized spacial score (nSPS) is 17.7. The Morgan fingerprint density at radius 2 is 1.68 bits per heavy atom. The molecule has 2 amide bonds. The van der Waals surface area contributed by atoms with Crippen LogP contribution in [-0.2, 0) is 17.5 Å². The van der Waals surface area contributed by atoms with Crippen molar-refractivity contribution in [3.05, 3.63) is 47.0 Å². The van der Waals surface area contributed by atoms with Gasteiger partial charge in [0.1, 0.15) is 11.4 Å². The highest BCUT2D eigenvalue weighted by Crippen LogP contribution is 2.39. The van der Waals surface area contributed by atoms with Crippen molar-refractivity contribution in [3.8, 4) is 5.75 Å². The van der Waals surface area contributed by atoms with Gasteiger partial charge in [0, 0.05) is 18.7 Å². The van der Waals surface area contributed by atoms with Gasteiger partial charge in [-0.2, -0.15) is 26.3 Å². The molecule has 1 aliphatic rings. The molecule has 0 atom stereocenters. The number of fused-ring (bicyclic) bond motifs is 1. The molecule has 44 heavy (non-hydrogen) atoms. The van der Waals surface area contributed by atoms with Crippen LogP contribution in [-0.4, -0.2) is 46.9 Å². The van der Waals surface area contributed by atoms with Gasteiger partial charge in [0.15, 0.2) is 0 Å². The van der Waals surface area contributed by atoms with Gasteiger partial charge in [-0.1, -0.05) is 6.07 Å². The van der Waals surface area contributed by atoms with Crippen molar-refractivity contribution in [3.63, 3.8) is 0 Å². The standard InChI is InChI=1S/C29H33F6N5O4/c1-27(2,3)44-26(42)36-14-15-5-10-19(29(33,34)35)20(11-15)38-25-39-21-12-18(23(43-4)13-22(21)40-25)24(41)37-17-8-6-16(7-9-17)28(30,31)32/h5,10-13,16-17H,6-9,14H2,1-4H3,(H,36,42)(H,37,41)(H2,38,39,40)/t16-,17-. The third-order valence-corrected chi connectivity index (χ3v) is 7.05. The van der Waals surface area contributed by atoms with E-state index in [2.05, 4.69) is 25.9 Å². The van der Waals surface area contributed by atoms with E-state index in [1.165, 1.54) is 31.4 Å². The predicted molar refractivity (Wildman–Crippen MR) is 150 cm³/mol. The Hall–Kier alpha value is -4.17. The topological polar surface area (TPSA) is 117 Å². The lowest BCUT2D eigenvalue weighted by Crippen LogP contribution is -2.40. The van der Waals surface area contributed by atoms with E-state index in [1.54, 1.807) is 20.8 Å². The van der Waals surface area contributed by atoms with E-state index in [9.17, 15) is 35.9 Å². The highest BCUT2D eigenvalue weighted by atomic mass is 19.4. The number of aromatic nitrogens is 2. The fraction of sp³-hybridized carbons (Fsp3) is 0.483. The highest BCUT2D eigenvalue weighted by Gasteiger charge is 2.41. The first-order chi connectivity index (χ1) is 20.4. The second kappa shape index (κ2) is 12.4. The lowest BCUT2D eigenvalue weighted by molar-refractivity contribution is -0.182. The molecule has 0 aliphatic heterocycles. The molecular formula is C29H33F6N5O4. The molecular weight excluding hydrogens is 596 g/mol. The third kappa shape index (κ3) is 8.26. The van der Waals surface area contributed by atoms with Crippen LogP contribution in [0.5, 0.6) is 5.75 Å². The fourth-order valence-corrected chi connectivity index (χ4v) is 4.94. The largest absolute Gasteiger partial charge is 0.496 e. The van der Waals surface area contributed by atoms with Crippen molar-refractivity contribution < 1.29 is 45.4 Å². The number of nitrogens with zero attached hydrogens (tertiary/aromatic N) is 1. The summed E-state index contributed by atoms with van der Waals surface area (Å²) >= 11 is 0. The van der Waals surface area contributed by atoms with Crippen molar-refractivity contribution >= 4 is 34.7 Å². The van der Waals surface area contributed by atoms with Gasteiger partial charge in [-0.15, -0.1) is 0 Å². The molecule has 4 N–H and O–H groups in total. The first-order valence-corrected chi connectivity index (χ1v) is 13.8. The maximum absolute atomic E-state index is 13.8. The van der Waals surface area contributed by atoms with E-state index in [0.717, 1.165) is 6.07 Å². The summed E-state index contributed by atoms with van der Waals surface area (Å²) in [5, 5.41) is 7.89. The number of carbonyl (C=O) groups excluding carboxylic acids is 2. The monoisotopic (exact) mass is 629 g/mol. The number of imidazole rings is 1. The number of hydrogen-bond acceptors (Lipinski definition) is 6. The van der Waals surface area contributed by atoms with Crippen LogP contribution in [0.1, 0.15) is 67.9 Å². The van der Waals surface area contributed by atoms with Gasteiger partial charge in [-0.25, -0.2) is 9.78 Å². The Balaban J connectivity index is 1.53. The molecule has 15 heteroatoms. The SMILES string of the molecule is COc1cc2[nH]c(Nc3cc(CNC(=O)OC(C)(C)C)ccc3C(F)(F)F)nc2cc1C(=O)N[C@H]1CC[C@H](C(F)(F)F)CC1. The number of alkyl halides is 6. The van der Waals surface area contributed by atoms with Gasteiger partial charge in [0.05, 0.1) is 40.9 Å². The van der Waals surface area contributed by atoms with Gasteiger partial charge >= 0.3 is 18.4 Å². The quantitative estimate of drug-likeness (QED) is 0.205. The lowest BCUT2D eigenvalue weighted by Gasteiger charge is -2.30. The van der Waals surface area contributed by atoms with Crippen LogP contribution in [0.25, 0.3) is 11.0 Å². The average molecular weight is 630 g/mol. The molecule has 4 rings (SSSR count). The molecule has 9 nitrogen and oxygen atoms in total. The Labute approximate surface area is 249 Å². The maximum atomic E-state index is 13.8. The van der Waals surface area contributed by atoms with Gasteiger partial charge in [0.25, 0.3) is 5.91 Å². The van der Waals surface area contributed by atoms with Crippen LogP contribution in [0, 0.1) is 5.92 Å². The highest BCUT2D eigenvalue weighted by molar-refractivity contribution is 6.01. The Bertz CT molecular complexity index is 1500. The molecule has 0 unspecified atom stereocenters. The summed E-state index contributed by atoms with van der Waals surface area (Å²) in [4.78, 5) is 32.2. The zero-order chi connectivity index (χ0) is 32.4. The molecule has 0 radical (unpaired) electrons. The minimum absolute atomic E-state index is 0.0622. The molecule has 0 bridgehead atoms. The number of halogens is 6. The number of nitrogens with one attached hydrogen (secondary N) is 4. The smallest absolute Gasteiger partial charge is 0.418 e. The number of methoxy groups -OCH3 is 1. The number of ether oxygens (including phenoxy) is 2. The summed E-state index contributed by atoms with van der Waals surface area (Å²) in [5.41, 5.74) is -1.05. The zero-order valence-electron chi connectivity index (χ0n) is 24.4. The Morgan fingerprint density at radius 1 is 1.00 bits per heavy atom. The van der Waals surface area contributed by atoms with Crippen LogP contribution < -0.4 is 20.7 Å².